The van der Waals surface area contributed by atoms with E-state index in [0.717, 1.165) is 17.7 Å². The predicted molar refractivity (Wildman–Crippen MR) is 132 cm³/mol. The molecule has 6 saturated carbocycles. The molecule has 0 bridgehead atoms. The van der Waals surface area contributed by atoms with Gasteiger partial charge >= 0.3 is 6.18 Å². The predicted octanol–water partition coefficient (Wildman–Crippen LogP) is 3.86. The molecule has 1 unspecified atom stereocenters. The van der Waals surface area contributed by atoms with Gasteiger partial charge in [-0.1, -0.05) is 17.7 Å². The Bertz CT molecular complexity index is 1370. The van der Waals surface area contributed by atoms with Gasteiger partial charge in [0.05, 0.1) is 28.4 Å². The van der Waals surface area contributed by atoms with Crippen LogP contribution in [0.1, 0.15) is 22.9 Å². The molecule has 198 valence electrons. The summed E-state index contributed by atoms with van der Waals surface area (Å²) in [5.74, 6) is 0.323. The van der Waals surface area contributed by atoms with Crippen LogP contribution in [0, 0.1) is 46.3 Å². The van der Waals surface area contributed by atoms with Crippen LogP contribution in [-0.2, 0) is 22.4 Å². The lowest BCUT2D eigenvalue weighted by atomic mass is 8.92. The van der Waals surface area contributed by atoms with Gasteiger partial charge < -0.3 is 15.5 Å². The van der Waals surface area contributed by atoms with Gasteiger partial charge in [-0.25, -0.2) is 0 Å². The number of nitrogens with zero attached hydrogens (tertiary/aromatic N) is 2. The number of halogens is 4. The molecule has 9 rings (SSSR count). The van der Waals surface area contributed by atoms with E-state index in [1.807, 2.05) is 18.2 Å². The summed E-state index contributed by atoms with van der Waals surface area (Å²) >= 11 is 6.09. The van der Waals surface area contributed by atoms with Crippen molar-refractivity contribution in [3.8, 4) is 0 Å². The standard InChI is InChI=1S/C28H26ClF3N4O2/c1-33-24(37)26-17-20-18(26)22-19(26)21(17)27(20,22)25(38)36(2)23(28(30,31)32)16-6-5-14(10-34-16)35-15-8-11-3-4-13(29)7-12(11)9-15/h3-7,10,15,17-23,35H,8-9H2,1-2H3,(H,33,37)/t15?,17?,18?,19?,20?,21?,22?,23-,26?,27?/m0/s1. The summed E-state index contributed by atoms with van der Waals surface area (Å²) in [6.07, 6.45) is -1.68. The van der Waals surface area contributed by atoms with Crippen LogP contribution in [-0.4, -0.2) is 48.0 Å². The van der Waals surface area contributed by atoms with Crippen molar-refractivity contribution in [1.29, 1.82) is 0 Å². The number of anilines is 1. The molecule has 1 heterocycles. The van der Waals surface area contributed by atoms with Crippen molar-refractivity contribution in [3.63, 3.8) is 0 Å². The van der Waals surface area contributed by atoms with Crippen molar-refractivity contribution in [1.82, 2.24) is 15.2 Å². The highest BCUT2D eigenvalue weighted by Crippen LogP contribution is 3.10. The summed E-state index contributed by atoms with van der Waals surface area (Å²) in [5, 5.41) is 6.81. The zero-order chi connectivity index (χ0) is 26.5. The highest BCUT2D eigenvalue weighted by molar-refractivity contribution is 6.30. The quantitative estimate of drug-likeness (QED) is 0.581. The van der Waals surface area contributed by atoms with Crippen LogP contribution in [0.25, 0.3) is 0 Å². The lowest BCUT2D eigenvalue weighted by Gasteiger charge is -3.09. The maximum atomic E-state index is 14.4. The van der Waals surface area contributed by atoms with E-state index in [-0.39, 0.29) is 58.6 Å². The van der Waals surface area contributed by atoms with Gasteiger partial charge in [0.1, 0.15) is 0 Å². The number of benzene rings is 1. The number of carbonyl (C=O) groups excluding carboxylic acids is 2. The van der Waals surface area contributed by atoms with Gasteiger partial charge in [-0.15, -0.1) is 0 Å². The minimum absolute atomic E-state index is 0.0479. The molecule has 10 heteroatoms. The average Bonchev–Trinajstić information content (AvgIpc) is 3.29. The first-order valence-corrected chi connectivity index (χ1v) is 13.5. The Hall–Kier alpha value is -2.81. The third kappa shape index (κ3) is 2.23. The maximum Gasteiger partial charge on any atom is 0.414 e. The van der Waals surface area contributed by atoms with Gasteiger partial charge in [-0.3, -0.25) is 14.6 Å². The minimum atomic E-state index is -4.67. The van der Waals surface area contributed by atoms with Crippen LogP contribution >= 0.6 is 11.6 Å². The first kappa shape index (κ1) is 23.1. The molecule has 1 aromatic carbocycles. The summed E-state index contributed by atoms with van der Waals surface area (Å²) in [6, 6.07) is 6.76. The van der Waals surface area contributed by atoms with E-state index in [1.165, 1.54) is 30.4 Å². The molecule has 0 aliphatic heterocycles. The number of pyridine rings is 1. The first-order valence-electron chi connectivity index (χ1n) is 13.1. The monoisotopic (exact) mass is 542 g/mol. The van der Waals surface area contributed by atoms with E-state index in [1.54, 1.807) is 13.1 Å². The summed E-state index contributed by atoms with van der Waals surface area (Å²) in [4.78, 5) is 31.1. The second kappa shape index (κ2) is 6.84. The molecule has 2 aromatic rings. The largest absolute Gasteiger partial charge is 0.414 e. The summed E-state index contributed by atoms with van der Waals surface area (Å²) in [7, 11) is 2.88. The van der Waals surface area contributed by atoms with Gasteiger partial charge in [0.25, 0.3) is 0 Å². The molecule has 0 spiro atoms. The van der Waals surface area contributed by atoms with E-state index in [0.29, 0.717) is 10.7 Å². The Morgan fingerprint density at radius 2 is 1.66 bits per heavy atom. The van der Waals surface area contributed by atoms with Crippen molar-refractivity contribution in [2.24, 2.45) is 46.3 Å². The smallest absolute Gasteiger partial charge is 0.380 e. The van der Waals surface area contributed by atoms with Gasteiger partial charge in [0, 0.05) is 25.2 Å². The van der Waals surface area contributed by atoms with Crippen LogP contribution in [0.3, 0.4) is 0 Å². The van der Waals surface area contributed by atoms with Crippen molar-refractivity contribution < 1.29 is 22.8 Å². The number of fused-ring (bicyclic) bond motifs is 1. The average molecular weight is 543 g/mol. The minimum Gasteiger partial charge on any atom is -0.380 e. The van der Waals surface area contributed by atoms with Crippen LogP contribution in [0.4, 0.5) is 18.9 Å². The Balaban J connectivity index is 0.989. The normalized spacial score (nSPS) is 40.2. The van der Waals surface area contributed by atoms with E-state index in [2.05, 4.69) is 15.6 Å². The van der Waals surface area contributed by atoms with Crippen molar-refractivity contribution in [2.45, 2.75) is 31.1 Å². The molecule has 2 amide bonds. The Morgan fingerprint density at radius 3 is 2.24 bits per heavy atom. The van der Waals surface area contributed by atoms with Crippen LogP contribution in [0.2, 0.25) is 5.02 Å². The van der Waals surface area contributed by atoms with Crippen LogP contribution in [0.15, 0.2) is 36.5 Å². The highest BCUT2D eigenvalue weighted by atomic mass is 35.5. The summed E-state index contributed by atoms with van der Waals surface area (Å²) < 4.78 is 43.1. The molecule has 0 radical (unpaired) electrons. The number of alkyl halides is 3. The second-order valence-corrected chi connectivity index (χ2v) is 12.5. The molecule has 2 N–H and O–H groups in total. The SMILES string of the molecule is CNC(=O)C12C3C4C1C1C2C3C41C(=O)N(C)[C@@H](c1ccc(NC2Cc3ccc(Cl)cc3C2)cn1)C(F)(F)F. The zero-order valence-corrected chi connectivity index (χ0v) is 21.5. The van der Waals surface area contributed by atoms with Crippen molar-refractivity contribution >= 4 is 29.1 Å². The van der Waals surface area contributed by atoms with Crippen molar-refractivity contribution in [3.05, 3.63) is 58.4 Å². The fourth-order valence-electron chi connectivity index (χ4n) is 10.2. The summed E-state index contributed by atoms with van der Waals surface area (Å²) in [6.45, 7) is 0. The van der Waals surface area contributed by atoms with Crippen molar-refractivity contribution in [2.75, 3.05) is 19.4 Å². The maximum absolute atomic E-state index is 14.4. The number of amides is 2. The zero-order valence-electron chi connectivity index (χ0n) is 20.7. The van der Waals surface area contributed by atoms with Gasteiger partial charge in [-0.05, 0) is 83.7 Å². The molecular weight excluding hydrogens is 517 g/mol. The molecule has 6 fully saturated rings. The number of nitrogens with one attached hydrogen (secondary N) is 2. The second-order valence-electron chi connectivity index (χ2n) is 12.1. The lowest BCUT2D eigenvalue weighted by molar-refractivity contribution is -0.625. The van der Waals surface area contributed by atoms with Gasteiger partial charge in [0.2, 0.25) is 11.8 Å². The number of hydrogen-bond donors (Lipinski definition) is 2. The molecule has 7 aliphatic carbocycles. The molecule has 1 aromatic heterocycles. The number of hydrogen-bond acceptors (Lipinski definition) is 4. The topological polar surface area (TPSA) is 74.3 Å². The summed E-state index contributed by atoms with van der Waals surface area (Å²) in [5.41, 5.74) is 1.80. The Kier molecular flexibility index (Phi) is 4.16. The highest BCUT2D eigenvalue weighted by Gasteiger charge is 3.13. The van der Waals surface area contributed by atoms with E-state index in [9.17, 15) is 22.8 Å². The number of rotatable bonds is 6. The fourth-order valence-corrected chi connectivity index (χ4v) is 10.4. The Labute approximate surface area is 222 Å². The third-order valence-electron chi connectivity index (χ3n) is 11.2. The van der Waals surface area contributed by atoms with E-state index < -0.39 is 23.5 Å². The van der Waals surface area contributed by atoms with E-state index in [4.69, 9.17) is 11.6 Å². The fraction of sp³-hybridized carbons (Fsp3) is 0.536. The number of aromatic nitrogens is 1. The molecular formula is C28H26ClF3N4O2. The number of carbonyl (C=O) groups is 2. The molecule has 6 nitrogen and oxygen atoms in total. The van der Waals surface area contributed by atoms with Gasteiger partial charge in [-0.2, -0.15) is 13.2 Å². The molecule has 0 saturated heterocycles. The Morgan fingerprint density at radius 1 is 1.03 bits per heavy atom. The lowest BCUT2D eigenvalue weighted by Crippen LogP contribution is -3.12. The van der Waals surface area contributed by atoms with Gasteiger partial charge in [0.15, 0.2) is 6.04 Å². The third-order valence-corrected chi connectivity index (χ3v) is 11.4. The molecule has 7 aliphatic rings. The molecule has 2 atom stereocenters. The molecule has 38 heavy (non-hydrogen) atoms. The van der Waals surface area contributed by atoms with Crippen LogP contribution in [0.5, 0.6) is 0 Å². The first-order chi connectivity index (χ1) is 18.1. The van der Waals surface area contributed by atoms with E-state index >= 15 is 0 Å². The van der Waals surface area contributed by atoms with Crippen LogP contribution < -0.4 is 10.6 Å².